The summed E-state index contributed by atoms with van der Waals surface area (Å²) < 4.78 is 4.52. The van der Waals surface area contributed by atoms with Crippen LogP contribution in [0.15, 0.2) is 10.8 Å². The zero-order valence-electron chi connectivity index (χ0n) is 7.52. The van der Waals surface area contributed by atoms with E-state index in [1.54, 1.807) is 6.20 Å². The lowest BCUT2D eigenvalue weighted by atomic mass is 10.1. The Morgan fingerprint density at radius 1 is 1.69 bits per heavy atom. The summed E-state index contributed by atoms with van der Waals surface area (Å²) >= 11 is 0. The molecule has 1 atom stereocenters. The van der Waals surface area contributed by atoms with Crippen molar-refractivity contribution in [3.63, 3.8) is 0 Å². The minimum atomic E-state index is 0.314. The summed E-state index contributed by atoms with van der Waals surface area (Å²) in [7, 11) is 0. The Bertz CT molecular complexity index is 249. The zero-order chi connectivity index (χ0) is 9.10. The molecule has 1 aliphatic rings. The van der Waals surface area contributed by atoms with Gasteiger partial charge < -0.3 is 5.73 Å². The van der Waals surface area contributed by atoms with Gasteiger partial charge in [-0.15, -0.1) is 0 Å². The summed E-state index contributed by atoms with van der Waals surface area (Å²) in [6.45, 7) is 2.85. The van der Waals surface area contributed by atoms with E-state index in [0.717, 1.165) is 31.7 Å². The first-order valence-electron chi connectivity index (χ1n) is 4.59. The van der Waals surface area contributed by atoms with Crippen LogP contribution in [0.4, 0.5) is 0 Å². The maximum Gasteiger partial charge on any atom is 0.119 e. The van der Waals surface area contributed by atoms with E-state index in [4.69, 9.17) is 5.73 Å². The number of rotatable bonds is 2. The highest BCUT2D eigenvalue weighted by molar-refractivity contribution is 4.90. The zero-order valence-corrected chi connectivity index (χ0v) is 7.52. The van der Waals surface area contributed by atoms with Crippen LogP contribution in [-0.4, -0.2) is 34.3 Å². The van der Waals surface area contributed by atoms with Gasteiger partial charge in [-0.1, -0.05) is 10.3 Å². The maximum atomic E-state index is 5.85. The molecule has 1 fully saturated rings. The van der Waals surface area contributed by atoms with Crippen LogP contribution in [0, 0.1) is 0 Å². The van der Waals surface area contributed by atoms with Gasteiger partial charge in [-0.2, -0.15) is 0 Å². The molecule has 1 unspecified atom stereocenters. The van der Waals surface area contributed by atoms with E-state index in [0.29, 0.717) is 6.04 Å². The first-order chi connectivity index (χ1) is 6.34. The third-order valence-corrected chi connectivity index (χ3v) is 2.33. The normalized spacial score (nSPS) is 24.8. The predicted octanol–water partition coefficient (Wildman–Crippen LogP) is -0.00730. The van der Waals surface area contributed by atoms with Gasteiger partial charge in [0.15, 0.2) is 0 Å². The highest BCUT2D eigenvalue weighted by atomic mass is 16.6. The molecule has 1 aliphatic heterocycles. The van der Waals surface area contributed by atoms with Gasteiger partial charge in [0, 0.05) is 19.1 Å². The number of piperidine rings is 1. The summed E-state index contributed by atoms with van der Waals surface area (Å²) in [6.07, 6.45) is 3.96. The monoisotopic (exact) mass is 182 g/mol. The minimum Gasteiger partial charge on any atom is -0.327 e. The summed E-state index contributed by atoms with van der Waals surface area (Å²) in [6, 6.07) is 0.314. The number of hydrogen-bond acceptors (Lipinski definition) is 5. The van der Waals surface area contributed by atoms with Gasteiger partial charge in [0.1, 0.15) is 5.69 Å². The molecule has 1 saturated heterocycles. The molecule has 2 heterocycles. The average Bonchev–Trinajstić information content (AvgIpc) is 2.57. The standard InChI is InChI=1S/C8H14N4O/c9-7-2-1-3-12(5-7)6-8-4-10-13-11-8/h4,7H,1-3,5-6,9H2. The van der Waals surface area contributed by atoms with Crippen LogP contribution < -0.4 is 5.73 Å². The maximum absolute atomic E-state index is 5.85. The van der Waals surface area contributed by atoms with E-state index in [-0.39, 0.29) is 0 Å². The SMILES string of the molecule is NC1CCCN(Cc2cnon2)C1. The highest BCUT2D eigenvalue weighted by Crippen LogP contribution is 2.10. The lowest BCUT2D eigenvalue weighted by Gasteiger charge is -2.29. The largest absolute Gasteiger partial charge is 0.327 e. The van der Waals surface area contributed by atoms with E-state index in [9.17, 15) is 0 Å². The molecule has 0 amide bonds. The molecule has 2 N–H and O–H groups in total. The van der Waals surface area contributed by atoms with Crippen LogP contribution in [0.25, 0.3) is 0 Å². The quantitative estimate of drug-likeness (QED) is 0.696. The van der Waals surface area contributed by atoms with Crippen LogP contribution in [0.1, 0.15) is 18.5 Å². The van der Waals surface area contributed by atoms with Crippen LogP contribution in [0.2, 0.25) is 0 Å². The van der Waals surface area contributed by atoms with Gasteiger partial charge in [-0.05, 0) is 19.4 Å². The van der Waals surface area contributed by atoms with E-state index in [1.807, 2.05) is 0 Å². The molecule has 5 heteroatoms. The molecule has 0 aromatic carbocycles. The molecule has 5 nitrogen and oxygen atoms in total. The van der Waals surface area contributed by atoms with Gasteiger partial charge in [0.05, 0.1) is 6.20 Å². The Hall–Kier alpha value is -0.940. The van der Waals surface area contributed by atoms with Gasteiger partial charge >= 0.3 is 0 Å². The second-order valence-electron chi connectivity index (χ2n) is 3.54. The average molecular weight is 182 g/mol. The van der Waals surface area contributed by atoms with Crippen molar-refractivity contribution in [3.05, 3.63) is 11.9 Å². The fourth-order valence-electron chi connectivity index (χ4n) is 1.72. The van der Waals surface area contributed by atoms with Crippen molar-refractivity contribution in [2.75, 3.05) is 13.1 Å². The van der Waals surface area contributed by atoms with E-state index >= 15 is 0 Å². The first-order valence-corrected chi connectivity index (χ1v) is 4.59. The van der Waals surface area contributed by atoms with Crippen molar-refractivity contribution < 1.29 is 4.63 Å². The Balaban J connectivity index is 1.87. The molecule has 0 aliphatic carbocycles. The summed E-state index contributed by atoms with van der Waals surface area (Å²) in [5.41, 5.74) is 6.74. The first kappa shape index (κ1) is 8.65. The molecule has 1 aromatic heterocycles. The molecule has 0 bridgehead atoms. The van der Waals surface area contributed by atoms with Crippen molar-refractivity contribution in [2.45, 2.75) is 25.4 Å². The molecule has 0 saturated carbocycles. The molecular weight excluding hydrogens is 168 g/mol. The third-order valence-electron chi connectivity index (χ3n) is 2.33. The second kappa shape index (κ2) is 3.85. The Labute approximate surface area is 76.9 Å². The van der Waals surface area contributed by atoms with Crippen molar-refractivity contribution in [1.29, 1.82) is 0 Å². The molecule has 0 spiro atoms. The van der Waals surface area contributed by atoms with E-state index < -0.39 is 0 Å². The number of nitrogens with zero attached hydrogens (tertiary/aromatic N) is 3. The fourth-order valence-corrected chi connectivity index (χ4v) is 1.72. The van der Waals surface area contributed by atoms with Crippen molar-refractivity contribution >= 4 is 0 Å². The van der Waals surface area contributed by atoms with Crippen molar-refractivity contribution in [2.24, 2.45) is 5.73 Å². The number of hydrogen-bond donors (Lipinski definition) is 1. The molecule has 2 rings (SSSR count). The molecular formula is C8H14N4O. The number of likely N-dealkylation sites (tertiary alicyclic amines) is 1. The Morgan fingerprint density at radius 2 is 2.62 bits per heavy atom. The van der Waals surface area contributed by atoms with Crippen LogP contribution in [0.5, 0.6) is 0 Å². The number of nitrogens with two attached hydrogens (primary N) is 1. The van der Waals surface area contributed by atoms with E-state index in [1.165, 1.54) is 6.42 Å². The molecule has 0 radical (unpaired) electrons. The van der Waals surface area contributed by atoms with Crippen molar-refractivity contribution in [1.82, 2.24) is 15.2 Å². The third kappa shape index (κ3) is 2.26. The van der Waals surface area contributed by atoms with Crippen molar-refractivity contribution in [3.8, 4) is 0 Å². The topological polar surface area (TPSA) is 68.2 Å². The number of aromatic nitrogens is 2. The predicted molar refractivity (Wildman–Crippen MR) is 46.8 cm³/mol. The van der Waals surface area contributed by atoms with Crippen LogP contribution in [0.3, 0.4) is 0 Å². The van der Waals surface area contributed by atoms with E-state index in [2.05, 4.69) is 19.8 Å². The van der Waals surface area contributed by atoms with Gasteiger partial charge in [-0.25, -0.2) is 4.63 Å². The Morgan fingerprint density at radius 3 is 3.31 bits per heavy atom. The summed E-state index contributed by atoms with van der Waals surface area (Å²) in [5, 5.41) is 7.33. The Kier molecular flexibility index (Phi) is 2.56. The van der Waals surface area contributed by atoms with Crippen LogP contribution >= 0.6 is 0 Å². The van der Waals surface area contributed by atoms with Gasteiger partial charge in [0.2, 0.25) is 0 Å². The lowest BCUT2D eigenvalue weighted by Crippen LogP contribution is -2.42. The lowest BCUT2D eigenvalue weighted by molar-refractivity contribution is 0.195. The fraction of sp³-hybridized carbons (Fsp3) is 0.750. The molecule has 1 aromatic rings. The minimum absolute atomic E-state index is 0.314. The summed E-state index contributed by atoms with van der Waals surface area (Å²) in [5.74, 6) is 0. The molecule has 13 heavy (non-hydrogen) atoms. The molecule has 72 valence electrons. The highest BCUT2D eigenvalue weighted by Gasteiger charge is 2.17. The van der Waals surface area contributed by atoms with Crippen LogP contribution in [-0.2, 0) is 6.54 Å². The van der Waals surface area contributed by atoms with Gasteiger partial charge in [-0.3, -0.25) is 4.90 Å². The smallest absolute Gasteiger partial charge is 0.119 e. The summed E-state index contributed by atoms with van der Waals surface area (Å²) in [4.78, 5) is 2.29. The second-order valence-corrected chi connectivity index (χ2v) is 3.54. The van der Waals surface area contributed by atoms with Gasteiger partial charge in [0.25, 0.3) is 0 Å².